The number of sulfonamides is 1. The fraction of sp³-hybridized carbons (Fsp3) is 0.438. The van der Waals surface area contributed by atoms with Crippen LogP contribution in [-0.4, -0.2) is 85.1 Å². The van der Waals surface area contributed by atoms with Crippen molar-refractivity contribution in [1.82, 2.24) is 20.5 Å². The van der Waals surface area contributed by atoms with Gasteiger partial charge in [-0.1, -0.05) is 27.7 Å². The molecule has 1 fully saturated rings. The number of nitrogens with one attached hydrogen (secondary N) is 3. The van der Waals surface area contributed by atoms with E-state index in [1.807, 2.05) is 0 Å². The van der Waals surface area contributed by atoms with Gasteiger partial charge in [0, 0.05) is 17.8 Å². The number of ketones is 1. The van der Waals surface area contributed by atoms with Crippen LogP contribution in [0.2, 0.25) is 0 Å². The van der Waals surface area contributed by atoms with E-state index in [-0.39, 0.29) is 41.1 Å². The van der Waals surface area contributed by atoms with Gasteiger partial charge in [-0.05, 0) is 67.1 Å². The van der Waals surface area contributed by atoms with Crippen LogP contribution in [0.3, 0.4) is 0 Å². The van der Waals surface area contributed by atoms with Crippen LogP contribution in [0.15, 0.2) is 46.9 Å². The number of aromatic nitrogens is 1. The van der Waals surface area contributed by atoms with Gasteiger partial charge >= 0.3 is 21.5 Å². The van der Waals surface area contributed by atoms with Crippen LogP contribution in [0.5, 0.6) is 0 Å². The predicted molar refractivity (Wildman–Crippen MR) is 172 cm³/mol. The number of likely N-dealkylation sites (tertiary alicyclic amines) is 1. The van der Waals surface area contributed by atoms with E-state index in [1.54, 1.807) is 27.7 Å². The molecule has 1 saturated heterocycles. The number of oxazole rings is 1. The lowest BCUT2D eigenvalue weighted by Gasteiger charge is -2.31. The Morgan fingerprint density at radius 3 is 2.14 bits per heavy atom. The third-order valence-electron chi connectivity index (χ3n) is 8.03. The van der Waals surface area contributed by atoms with E-state index in [4.69, 9.17) is 9.15 Å². The van der Waals surface area contributed by atoms with Gasteiger partial charge < -0.3 is 24.7 Å². The molecule has 0 aliphatic carbocycles. The van der Waals surface area contributed by atoms with E-state index >= 15 is 0 Å². The number of rotatable bonds is 12. The van der Waals surface area contributed by atoms with Crippen molar-refractivity contribution < 1.29 is 54.7 Å². The Kier molecular flexibility index (Phi) is 11.2. The van der Waals surface area contributed by atoms with Gasteiger partial charge in [0.2, 0.25) is 17.6 Å². The second kappa shape index (κ2) is 14.9. The van der Waals surface area contributed by atoms with Crippen LogP contribution < -0.4 is 15.4 Å². The molecule has 3 atom stereocenters. The van der Waals surface area contributed by atoms with Crippen molar-refractivity contribution in [3.05, 3.63) is 59.5 Å². The zero-order valence-corrected chi connectivity index (χ0v) is 28.5. The Hall–Kier alpha value is -5.00. The highest BCUT2D eigenvalue weighted by molar-refractivity contribution is 7.93. The summed E-state index contributed by atoms with van der Waals surface area (Å²) < 4.78 is 72.6. The molecule has 0 saturated carbocycles. The number of hydrogen-bond donors (Lipinski definition) is 3. The topological polar surface area (TPSA) is 194 Å². The van der Waals surface area contributed by atoms with Crippen LogP contribution >= 0.6 is 0 Å². The average Bonchev–Trinajstić information content (AvgIpc) is 3.72. The summed E-state index contributed by atoms with van der Waals surface area (Å²) in [5.74, 6) is -4.30. The lowest BCUT2D eigenvalue weighted by molar-refractivity contribution is -0.140. The van der Waals surface area contributed by atoms with Crippen LogP contribution in [0.25, 0.3) is 11.1 Å². The molecule has 50 heavy (non-hydrogen) atoms. The lowest BCUT2D eigenvalue weighted by Crippen LogP contribution is -2.57. The van der Waals surface area contributed by atoms with Crippen molar-refractivity contribution >= 4 is 56.3 Å². The van der Waals surface area contributed by atoms with E-state index in [0.29, 0.717) is 6.42 Å². The van der Waals surface area contributed by atoms with E-state index < -0.39 is 80.7 Å². The number of methoxy groups -OCH3 is 1. The number of anilines is 1. The highest BCUT2D eigenvalue weighted by Crippen LogP contribution is 2.26. The average molecular weight is 724 g/mol. The highest BCUT2D eigenvalue weighted by atomic mass is 32.2. The number of hydrogen-bond acceptors (Lipinski definition) is 10. The maximum Gasteiger partial charge on any atom is 0.516 e. The fourth-order valence-corrected chi connectivity index (χ4v) is 5.88. The summed E-state index contributed by atoms with van der Waals surface area (Å²) in [6.07, 6.45) is 0.746. The zero-order valence-electron chi connectivity index (χ0n) is 27.7. The Morgan fingerprint density at radius 1 is 0.940 bits per heavy atom. The molecule has 18 heteroatoms. The summed E-state index contributed by atoms with van der Waals surface area (Å²) in [5.41, 5.74) is -5.34. The van der Waals surface area contributed by atoms with Crippen molar-refractivity contribution in [3.63, 3.8) is 0 Å². The molecule has 3 amide bonds. The number of halogens is 3. The number of benzene rings is 2. The monoisotopic (exact) mass is 723 g/mol. The Labute approximate surface area is 285 Å². The number of alkyl halides is 3. The van der Waals surface area contributed by atoms with Crippen molar-refractivity contribution in [2.45, 2.75) is 64.2 Å². The number of carbonyl (C=O) groups excluding carboxylic acids is 5. The Balaban J connectivity index is 1.46. The molecule has 2 aromatic carbocycles. The summed E-state index contributed by atoms with van der Waals surface area (Å²) >= 11 is 0. The first-order valence-electron chi connectivity index (χ1n) is 15.5. The minimum absolute atomic E-state index is 0.0619. The lowest BCUT2D eigenvalue weighted by atomic mass is 9.98. The summed E-state index contributed by atoms with van der Waals surface area (Å²) in [4.78, 5) is 71.4. The van der Waals surface area contributed by atoms with Gasteiger partial charge in [-0.15, -0.1) is 0 Å². The molecule has 270 valence electrons. The molecule has 3 aromatic rings. The number of nitrogens with zero attached hydrogens (tertiary/aromatic N) is 2. The normalized spacial score (nSPS) is 16.3. The zero-order chi connectivity index (χ0) is 37.1. The Morgan fingerprint density at radius 2 is 1.56 bits per heavy atom. The van der Waals surface area contributed by atoms with E-state index in [9.17, 15) is 45.6 Å². The van der Waals surface area contributed by atoms with Gasteiger partial charge in [0.25, 0.3) is 11.8 Å². The van der Waals surface area contributed by atoms with E-state index in [1.165, 1.54) is 34.9 Å². The van der Waals surface area contributed by atoms with Gasteiger partial charge in [-0.3, -0.25) is 23.9 Å². The maximum absolute atomic E-state index is 13.8. The first-order valence-corrected chi connectivity index (χ1v) is 17.0. The van der Waals surface area contributed by atoms with Gasteiger partial charge in [0.1, 0.15) is 17.6 Å². The largest absolute Gasteiger partial charge is 0.516 e. The van der Waals surface area contributed by atoms with Crippen molar-refractivity contribution in [2.24, 2.45) is 11.8 Å². The molecule has 14 nitrogen and oxygen atoms in total. The van der Waals surface area contributed by atoms with Crippen LogP contribution in [0.1, 0.15) is 71.9 Å². The maximum atomic E-state index is 13.8. The van der Waals surface area contributed by atoms with Crippen molar-refractivity contribution in [2.75, 3.05) is 18.4 Å². The van der Waals surface area contributed by atoms with Gasteiger partial charge in [0.05, 0.1) is 18.7 Å². The molecule has 2 heterocycles. The molecular weight excluding hydrogens is 687 g/mol. The molecule has 1 aromatic heterocycles. The third-order valence-corrected chi connectivity index (χ3v) is 9.14. The summed E-state index contributed by atoms with van der Waals surface area (Å²) in [5, 5.41) is 5.33. The second-order valence-corrected chi connectivity index (χ2v) is 14.0. The molecule has 0 radical (unpaired) electrons. The fourth-order valence-electron chi connectivity index (χ4n) is 5.32. The van der Waals surface area contributed by atoms with Crippen molar-refractivity contribution in [3.8, 4) is 0 Å². The van der Waals surface area contributed by atoms with Crippen LogP contribution in [-0.2, 0) is 24.3 Å². The standard InChI is InChI=1S/C32H36F3N5O9S/c1-16(2)24(26(41)29-36-21-15-19(31(45)48-5)10-13-23(21)49-29)37-28(43)22-7-6-14-40(22)30(44)25(17(3)4)38-27(42)18-8-11-20(12-9-18)39-50(46,47)32(33,34)35/h8-13,15-17,22,24-25,39H,6-7,14H2,1-5H3,(H,37,43)(H,38,42)/t22-,24?,25-/m0/s1. The number of esters is 1. The molecule has 3 N–H and O–H groups in total. The third kappa shape index (κ3) is 8.23. The number of fused-ring (bicyclic) bond motifs is 1. The molecule has 4 rings (SSSR count). The van der Waals surface area contributed by atoms with Gasteiger partial charge in [0.15, 0.2) is 5.58 Å². The minimum atomic E-state index is -5.66. The molecule has 1 aliphatic rings. The van der Waals surface area contributed by atoms with E-state index in [0.717, 1.165) is 24.3 Å². The summed E-state index contributed by atoms with van der Waals surface area (Å²) in [7, 11) is -4.44. The quantitative estimate of drug-likeness (QED) is 0.184. The molecule has 1 unspecified atom stereocenters. The molecule has 1 aliphatic heterocycles. The number of Topliss-reactive ketones (excluding diaryl/α,β-unsaturated/α-hetero) is 1. The summed E-state index contributed by atoms with van der Waals surface area (Å²) in [6.45, 7) is 6.95. The highest BCUT2D eigenvalue weighted by Gasteiger charge is 2.46. The Bertz CT molecular complexity index is 1890. The number of carbonyl (C=O) groups is 5. The van der Waals surface area contributed by atoms with E-state index in [2.05, 4.69) is 15.6 Å². The smallest absolute Gasteiger partial charge is 0.465 e. The summed E-state index contributed by atoms with van der Waals surface area (Å²) in [6, 6.07) is 5.29. The number of ether oxygens (including phenoxy) is 1. The molecular formula is C32H36F3N5O9S. The van der Waals surface area contributed by atoms with Gasteiger partial charge in [-0.25, -0.2) is 9.78 Å². The second-order valence-electron chi connectivity index (χ2n) is 12.3. The van der Waals surface area contributed by atoms with Crippen LogP contribution in [0, 0.1) is 11.8 Å². The van der Waals surface area contributed by atoms with Crippen molar-refractivity contribution in [1.29, 1.82) is 0 Å². The molecule has 0 bridgehead atoms. The van der Waals surface area contributed by atoms with Gasteiger partial charge in [-0.2, -0.15) is 21.6 Å². The first kappa shape index (κ1) is 37.8. The SMILES string of the molecule is COC(=O)c1ccc2oc(C(=O)C(NC(=O)[C@@H]3CCCN3C(=O)[C@@H](NC(=O)c3ccc(NS(=O)(=O)C(F)(F)F)cc3)C(C)C)C(C)C)nc2c1. The number of amides is 3. The minimum Gasteiger partial charge on any atom is -0.465 e. The predicted octanol–water partition coefficient (Wildman–Crippen LogP) is 3.65. The van der Waals surface area contributed by atoms with Crippen LogP contribution in [0.4, 0.5) is 18.9 Å². The first-order chi connectivity index (χ1) is 23.3. The molecule has 0 spiro atoms.